The van der Waals surface area contributed by atoms with Gasteiger partial charge in [-0.25, -0.2) is 13.1 Å². The standard InChI is InChI=1S/C13H18BrClN2O2S/c14-11-4-5-13(12(15)10-11)20(18,19)16-6-9-17-7-2-1-3-8-17/h4-5,10,16H,1-3,6-9H2. The highest BCUT2D eigenvalue weighted by atomic mass is 79.9. The second kappa shape index (κ2) is 7.22. The summed E-state index contributed by atoms with van der Waals surface area (Å²) in [5.41, 5.74) is 0. The van der Waals surface area contributed by atoms with E-state index < -0.39 is 10.0 Å². The van der Waals surface area contributed by atoms with Crippen LogP contribution in [0.2, 0.25) is 5.02 Å². The monoisotopic (exact) mass is 380 g/mol. The summed E-state index contributed by atoms with van der Waals surface area (Å²) in [6, 6.07) is 4.77. The van der Waals surface area contributed by atoms with Gasteiger partial charge in [0.2, 0.25) is 10.0 Å². The highest BCUT2D eigenvalue weighted by molar-refractivity contribution is 9.10. The first-order chi connectivity index (χ1) is 9.49. The van der Waals surface area contributed by atoms with Crippen LogP contribution in [0.25, 0.3) is 0 Å². The second-order valence-corrected chi connectivity index (χ2v) is 7.93. The molecule has 1 fully saturated rings. The summed E-state index contributed by atoms with van der Waals surface area (Å²) >= 11 is 9.24. The van der Waals surface area contributed by atoms with Crippen LogP contribution in [0.15, 0.2) is 27.6 Å². The molecule has 0 bridgehead atoms. The zero-order valence-corrected chi connectivity index (χ0v) is 14.3. The van der Waals surface area contributed by atoms with Gasteiger partial charge in [-0.15, -0.1) is 0 Å². The van der Waals surface area contributed by atoms with E-state index in [1.807, 2.05) is 0 Å². The summed E-state index contributed by atoms with van der Waals surface area (Å²) in [5.74, 6) is 0. The van der Waals surface area contributed by atoms with E-state index in [9.17, 15) is 8.42 Å². The minimum Gasteiger partial charge on any atom is -0.302 e. The summed E-state index contributed by atoms with van der Waals surface area (Å²) in [5, 5.41) is 0.227. The van der Waals surface area contributed by atoms with Gasteiger partial charge in [0, 0.05) is 17.6 Å². The quantitative estimate of drug-likeness (QED) is 0.853. The van der Waals surface area contributed by atoms with E-state index in [2.05, 4.69) is 25.6 Å². The van der Waals surface area contributed by atoms with Crippen molar-refractivity contribution in [2.45, 2.75) is 24.2 Å². The predicted octanol–water partition coefficient (Wildman–Crippen LogP) is 2.87. The summed E-state index contributed by atoms with van der Waals surface area (Å²) in [6.45, 7) is 3.27. The third kappa shape index (κ3) is 4.43. The van der Waals surface area contributed by atoms with E-state index >= 15 is 0 Å². The van der Waals surface area contributed by atoms with Crippen molar-refractivity contribution in [1.82, 2.24) is 9.62 Å². The second-order valence-electron chi connectivity index (χ2n) is 4.87. The zero-order valence-electron chi connectivity index (χ0n) is 11.1. The number of rotatable bonds is 5. The van der Waals surface area contributed by atoms with Gasteiger partial charge < -0.3 is 4.90 Å². The highest BCUT2D eigenvalue weighted by Gasteiger charge is 2.18. The molecule has 1 N–H and O–H groups in total. The van der Waals surface area contributed by atoms with E-state index in [0.29, 0.717) is 6.54 Å². The fraction of sp³-hybridized carbons (Fsp3) is 0.538. The highest BCUT2D eigenvalue weighted by Crippen LogP contribution is 2.24. The molecular formula is C13H18BrClN2O2S. The van der Waals surface area contributed by atoms with Crippen LogP contribution in [0.3, 0.4) is 0 Å². The summed E-state index contributed by atoms with van der Waals surface area (Å²) in [6.07, 6.45) is 3.67. The van der Waals surface area contributed by atoms with Crippen LogP contribution in [-0.2, 0) is 10.0 Å². The summed E-state index contributed by atoms with van der Waals surface area (Å²) in [7, 11) is -3.54. The van der Waals surface area contributed by atoms with Gasteiger partial charge in [-0.05, 0) is 44.1 Å². The minimum absolute atomic E-state index is 0.126. The maximum atomic E-state index is 12.2. The van der Waals surface area contributed by atoms with E-state index in [0.717, 1.165) is 24.1 Å². The van der Waals surface area contributed by atoms with Crippen molar-refractivity contribution >= 4 is 37.6 Å². The Balaban J connectivity index is 1.93. The van der Waals surface area contributed by atoms with Gasteiger partial charge in [-0.3, -0.25) is 0 Å². The molecule has 7 heteroatoms. The average Bonchev–Trinajstić information content (AvgIpc) is 2.39. The number of hydrogen-bond acceptors (Lipinski definition) is 3. The Kier molecular flexibility index (Phi) is 5.86. The predicted molar refractivity (Wildman–Crippen MR) is 84.6 cm³/mol. The number of benzene rings is 1. The average molecular weight is 382 g/mol. The van der Waals surface area contributed by atoms with Crippen LogP contribution in [0, 0.1) is 0 Å². The third-order valence-corrected chi connectivity index (χ3v) is 5.79. The van der Waals surface area contributed by atoms with Gasteiger partial charge in [-0.1, -0.05) is 34.0 Å². The molecular weight excluding hydrogens is 364 g/mol. The largest absolute Gasteiger partial charge is 0.302 e. The first kappa shape index (κ1) is 16.2. The lowest BCUT2D eigenvalue weighted by Gasteiger charge is -2.26. The van der Waals surface area contributed by atoms with Crippen LogP contribution in [0.4, 0.5) is 0 Å². The maximum absolute atomic E-state index is 12.2. The Hall–Kier alpha value is -0.140. The molecule has 1 saturated heterocycles. The summed E-state index contributed by atoms with van der Waals surface area (Å²) in [4.78, 5) is 2.41. The van der Waals surface area contributed by atoms with Gasteiger partial charge in [-0.2, -0.15) is 0 Å². The lowest BCUT2D eigenvalue weighted by Crippen LogP contribution is -2.37. The number of hydrogen-bond donors (Lipinski definition) is 1. The molecule has 112 valence electrons. The molecule has 0 radical (unpaired) electrons. The number of sulfonamides is 1. The number of halogens is 2. The number of nitrogens with one attached hydrogen (secondary N) is 1. The van der Waals surface area contributed by atoms with E-state index in [-0.39, 0.29) is 9.92 Å². The fourth-order valence-electron chi connectivity index (χ4n) is 2.29. The first-order valence-electron chi connectivity index (χ1n) is 6.66. The van der Waals surface area contributed by atoms with Crippen molar-refractivity contribution in [2.75, 3.05) is 26.2 Å². The molecule has 0 atom stereocenters. The normalized spacial score (nSPS) is 17.3. The van der Waals surface area contributed by atoms with Crippen molar-refractivity contribution in [1.29, 1.82) is 0 Å². The number of piperidine rings is 1. The number of likely N-dealkylation sites (tertiary alicyclic amines) is 1. The topological polar surface area (TPSA) is 49.4 Å². The Labute approximate surface area is 133 Å². The van der Waals surface area contributed by atoms with Gasteiger partial charge in [0.05, 0.1) is 5.02 Å². The zero-order chi connectivity index (χ0) is 14.6. The fourth-order valence-corrected chi connectivity index (χ4v) is 4.35. The molecule has 0 spiro atoms. The van der Waals surface area contributed by atoms with E-state index in [1.54, 1.807) is 12.1 Å². The lowest BCUT2D eigenvalue weighted by molar-refractivity contribution is 0.233. The van der Waals surface area contributed by atoms with Gasteiger partial charge in [0.25, 0.3) is 0 Å². The Morgan fingerprint density at radius 3 is 2.60 bits per heavy atom. The van der Waals surface area contributed by atoms with Crippen molar-refractivity contribution in [3.8, 4) is 0 Å². The molecule has 1 aliphatic rings. The Morgan fingerprint density at radius 1 is 1.25 bits per heavy atom. The molecule has 0 unspecified atom stereocenters. The molecule has 2 rings (SSSR count). The van der Waals surface area contributed by atoms with E-state index in [1.165, 1.54) is 25.3 Å². The summed E-state index contributed by atoms with van der Waals surface area (Å²) < 4.78 is 27.7. The van der Waals surface area contributed by atoms with Crippen LogP contribution < -0.4 is 4.72 Å². The molecule has 1 heterocycles. The number of nitrogens with zero attached hydrogens (tertiary/aromatic N) is 1. The van der Waals surface area contributed by atoms with Gasteiger partial charge in [0.15, 0.2) is 0 Å². The van der Waals surface area contributed by atoms with Crippen molar-refractivity contribution in [3.05, 3.63) is 27.7 Å². The molecule has 0 amide bonds. The Bertz CT molecular complexity index is 559. The van der Waals surface area contributed by atoms with Crippen LogP contribution in [0.1, 0.15) is 19.3 Å². The van der Waals surface area contributed by atoms with Gasteiger partial charge >= 0.3 is 0 Å². The third-order valence-electron chi connectivity index (χ3n) is 3.35. The van der Waals surface area contributed by atoms with Gasteiger partial charge in [0.1, 0.15) is 4.90 Å². The lowest BCUT2D eigenvalue weighted by atomic mass is 10.1. The van der Waals surface area contributed by atoms with Crippen molar-refractivity contribution in [2.24, 2.45) is 0 Å². The molecule has 0 aromatic heterocycles. The molecule has 1 aromatic rings. The molecule has 0 saturated carbocycles. The molecule has 1 aromatic carbocycles. The van der Waals surface area contributed by atoms with E-state index in [4.69, 9.17) is 11.6 Å². The smallest absolute Gasteiger partial charge is 0.242 e. The van der Waals surface area contributed by atoms with Crippen LogP contribution >= 0.6 is 27.5 Å². The maximum Gasteiger partial charge on any atom is 0.242 e. The molecule has 1 aliphatic heterocycles. The SMILES string of the molecule is O=S(=O)(NCCN1CCCCC1)c1ccc(Br)cc1Cl. The molecule has 0 aliphatic carbocycles. The van der Waals surface area contributed by atoms with Crippen LogP contribution in [0.5, 0.6) is 0 Å². The van der Waals surface area contributed by atoms with Crippen molar-refractivity contribution < 1.29 is 8.42 Å². The van der Waals surface area contributed by atoms with Crippen molar-refractivity contribution in [3.63, 3.8) is 0 Å². The molecule has 4 nitrogen and oxygen atoms in total. The first-order valence-corrected chi connectivity index (χ1v) is 9.31. The Morgan fingerprint density at radius 2 is 1.95 bits per heavy atom. The molecule has 20 heavy (non-hydrogen) atoms. The van der Waals surface area contributed by atoms with Crippen LogP contribution in [-0.4, -0.2) is 39.5 Å². The minimum atomic E-state index is -3.54.